The van der Waals surface area contributed by atoms with Crippen molar-refractivity contribution in [3.8, 4) is 6.07 Å². The molecule has 0 radical (unpaired) electrons. The van der Waals surface area contributed by atoms with E-state index in [1.54, 1.807) is 0 Å². The van der Waals surface area contributed by atoms with E-state index in [1.165, 1.54) is 6.07 Å². The molecule has 0 aromatic heterocycles. The fourth-order valence-electron chi connectivity index (χ4n) is 1.09. The number of halogens is 2. The van der Waals surface area contributed by atoms with Crippen LogP contribution < -0.4 is 5.73 Å². The van der Waals surface area contributed by atoms with Gasteiger partial charge in [0.05, 0.1) is 22.3 Å². The van der Waals surface area contributed by atoms with E-state index in [1.807, 2.05) is 0 Å². The highest BCUT2D eigenvalue weighted by Crippen LogP contribution is 2.26. The standard InChI is InChI=1S/C9H5F2N3O2/c10-5-1-2-7(14(15)16)9(11)8(5)6(13)3-4-12/h1-3H,13H2/b6-3+. The van der Waals surface area contributed by atoms with Crippen molar-refractivity contribution in [1.29, 1.82) is 5.26 Å². The average Bonchev–Trinajstić information content (AvgIpc) is 2.17. The number of rotatable bonds is 2. The number of nitrogens with zero attached hydrogens (tertiary/aromatic N) is 2. The SMILES string of the molecule is N#C/C=C(/N)c1c(F)ccc([N+](=O)[O-])c1F. The number of benzene rings is 1. The zero-order valence-corrected chi connectivity index (χ0v) is 7.78. The van der Waals surface area contributed by atoms with Gasteiger partial charge in [0.25, 0.3) is 0 Å². The lowest BCUT2D eigenvalue weighted by Gasteiger charge is -2.04. The Kier molecular flexibility index (Phi) is 3.15. The average molecular weight is 225 g/mol. The van der Waals surface area contributed by atoms with Crippen molar-refractivity contribution in [2.45, 2.75) is 0 Å². The molecule has 0 bridgehead atoms. The van der Waals surface area contributed by atoms with E-state index >= 15 is 0 Å². The minimum absolute atomic E-state index is 0.499. The Balaban J connectivity index is 3.51. The van der Waals surface area contributed by atoms with Crippen LogP contribution in [0.1, 0.15) is 5.56 Å². The Labute approximate surface area is 88.6 Å². The van der Waals surface area contributed by atoms with E-state index in [9.17, 15) is 18.9 Å². The molecule has 5 nitrogen and oxygen atoms in total. The number of hydrogen-bond donors (Lipinski definition) is 1. The molecular formula is C9H5F2N3O2. The molecule has 1 rings (SSSR count). The highest BCUT2D eigenvalue weighted by atomic mass is 19.1. The summed E-state index contributed by atoms with van der Waals surface area (Å²) in [5.41, 5.74) is 3.05. The summed E-state index contributed by atoms with van der Waals surface area (Å²) in [6.45, 7) is 0. The Morgan fingerprint density at radius 2 is 2.19 bits per heavy atom. The van der Waals surface area contributed by atoms with Gasteiger partial charge in [0.2, 0.25) is 5.82 Å². The number of allylic oxidation sites excluding steroid dienone is 1. The van der Waals surface area contributed by atoms with Gasteiger partial charge in [-0.3, -0.25) is 10.1 Å². The first-order valence-corrected chi connectivity index (χ1v) is 3.97. The maximum atomic E-state index is 13.4. The highest BCUT2D eigenvalue weighted by Gasteiger charge is 2.22. The first kappa shape index (κ1) is 11.6. The van der Waals surface area contributed by atoms with Gasteiger partial charge in [-0.25, -0.2) is 4.39 Å². The van der Waals surface area contributed by atoms with E-state index in [4.69, 9.17) is 11.0 Å². The maximum Gasteiger partial charge on any atom is 0.305 e. The molecule has 0 saturated carbocycles. The molecule has 0 heterocycles. The van der Waals surface area contributed by atoms with Gasteiger partial charge in [-0.1, -0.05) is 0 Å². The van der Waals surface area contributed by atoms with E-state index in [2.05, 4.69) is 0 Å². The minimum atomic E-state index is -1.39. The summed E-state index contributed by atoms with van der Waals surface area (Å²) in [4.78, 5) is 9.38. The number of nitro benzene ring substituents is 1. The van der Waals surface area contributed by atoms with Gasteiger partial charge >= 0.3 is 5.69 Å². The predicted molar refractivity (Wildman–Crippen MR) is 50.8 cm³/mol. The Morgan fingerprint density at radius 3 is 2.69 bits per heavy atom. The molecule has 0 spiro atoms. The van der Waals surface area contributed by atoms with Crippen molar-refractivity contribution in [3.05, 3.63) is 45.5 Å². The van der Waals surface area contributed by atoms with Gasteiger partial charge in [-0.15, -0.1) is 0 Å². The summed E-state index contributed by atoms with van der Waals surface area (Å²) in [6, 6.07) is 2.88. The van der Waals surface area contributed by atoms with Crippen LogP contribution in [0.15, 0.2) is 18.2 Å². The summed E-state index contributed by atoms with van der Waals surface area (Å²) >= 11 is 0. The third kappa shape index (κ3) is 1.95. The normalized spacial score (nSPS) is 10.9. The van der Waals surface area contributed by atoms with Crippen molar-refractivity contribution in [3.63, 3.8) is 0 Å². The molecule has 7 heteroatoms. The Bertz CT molecular complexity index is 520. The molecule has 0 aliphatic carbocycles. The summed E-state index contributed by atoms with van der Waals surface area (Å²) in [5.74, 6) is -2.46. The van der Waals surface area contributed by atoms with Gasteiger partial charge < -0.3 is 5.73 Å². The van der Waals surface area contributed by atoms with Gasteiger partial charge in [0, 0.05) is 12.1 Å². The van der Waals surface area contributed by atoms with Crippen LogP contribution in [0.25, 0.3) is 5.70 Å². The molecule has 2 N–H and O–H groups in total. The molecule has 82 valence electrons. The molecule has 0 atom stereocenters. The van der Waals surface area contributed by atoms with Crippen molar-refractivity contribution < 1.29 is 13.7 Å². The van der Waals surface area contributed by atoms with E-state index in [-0.39, 0.29) is 0 Å². The van der Waals surface area contributed by atoms with E-state index in [0.29, 0.717) is 18.2 Å². The second kappa shape index (κ2) is 4.35. The fourth-order valence-corrected chi connectivity index (χ4v) is 1.09. The molecular weight excluding hydrogens is 220 g/mol. The molecule has 0 amide bonds. The van der Waals surface area contributed by atoms with Gasteiger partial charge in [-0.2, -0.15) is 9.65 Å². The summed E-state index contributed by atoms with van der Waals surface area (Å²) in [5, 5.41) is 18.7. The van der Waals surface area contributed by atoms with Crippen molar-refractivity contribution in [2.24, 2.45) is 5.73 Å². The fraction of sp³-hybridized carbons (Fsp3) is 0. The molecule has 0 saturated heterocycles. The predicted octanol–water partition coefficient (Wildman–Crippen LogP) is 1.70. The van der Waals surface area contributed by atoms with E-state index < -0.39 is 33.5 Å². The maximum absolute atomic E-state index is 13.4. The van der Waals surface area contributed by atoms with Crippen molar-refractivity contribution in [2.75, 3.05) is 0 Å². The Morgan fingerprint density at radius 1 is 1.56 bits per heavy atom. The summed E-state index contributed by atoms with van der Waals surface area (Å²) < 4.78 is 26.6. The van der Waals surface area contributed by atoms with Gasteiger partial charge in [0.1, 0.15) is 5.82 Å². The summed E-state index contributed by atoms with van der Waals surface area (Å²) in [7, 11) is 0. The topological polar surface area (TPSA) is 93.0 Å². The molecule has 0 unspecified atom stereocenters. The zero-order valence-electron chi connectivity index (χ0n) is 7.78. The van der Waals surface area contributed by atoms with Crippen LogP contribution in [0.5, 0.6) is 0 Å². The molecule has 1 aromatic carbocycles. The van der Waals surface area contributed by atoms with E-state index in [0.717, 1.165) is 0 Å². The highest BCUT2D eigenvalue weighted by molar-refractivity contribution is 5.67. The van der Waals surface area contributed by atoms with Crippen LogP contribution in [0, 0.1) is 33.1 Å². The van der Waals surface area contributed by atoms with Crippen molar-refractivity contribution >= 4 is 11.4 Å². The third-order valence-corrected chi connectivity index (χ3v) is 1.78. The molecule has 1 aromatic rings. The number of hydrogen-bond acceptors (Lipinski definition) is 4. The molecule has 0 aliphatic heterocycles. The smallest absolute Gasteiger partial charge is 0.305 e. The van der Waals surface area contributed by atoms with Crippen LogP contribution in [0.2, 0.25) is 0 Å². The number of nitro groups is 1. The van der Waals surface area contributed by atoms with Crippen molar-refractivity contribution in [1.82, 2.24) is 0 Å². The third-order valence-electron chi connectivity index (χ3n) is 1.78. The molecule has 16 heavy (non-hydrogen) atoms. The minimum Gasteiger partial charge on any atom is -0.397 e. The van der Waals surface area contributed by atoms with Crippen LogP contribution >= 0.6 is 0 Å². The second-order valence-corrected chi connectivity index (χ2v) is 2.74. The number of nitriles is 1. The largest absolute Gasteiger partial charge is 0.397 e. The van der Waals surface area contributed by atoms with Gasteiger partial charge in [-0.05, 0) is 6.07 Å². The quantitative estimate of drug-likeness (QED) is 0.470. The number of nitrogens with two attached hydrogens (primary N) is 1. The summed E-state index contributed by atoms with van der Waals surface area (Å²) in [6.07, 6.45) is 0.700. The lowest BCUT2D eigenvalue weighted by atomic mass is 10.1. The van der Waals surface area contributed by atoms with Crippen LogP contribution in [-0.4, -0.2) is 4.92 Å². The van der Waals surface area contributed by atoms with Crippen LogP contribution in [0.3, 0.4) is 0 Å². The zero-order chi connectivity index (χ0) is 12.3. The first-order valence-electron chi connectivity index (χ1n) is 3.97. The lowest BCUT2D eigenvalue weighted by molar-refractivity contribution is -0.387. The molecule has 0 fully saturated rings. The van der Waals surface area contributed by atoms with Gasteiger partial charge in [0.15, 0.2) is 0 Å². The van der Waals surface area contributed by atoms with Crippen LogP contribution in [0.4, 0.5) is 14.5 Å². The molecule has 0 aliphatic rings. The van der Waals surface area contributed by atoms with Crippen LogP contribution in [-0.2, 0) is 0 Å². The monoisotopic (exact) mass is 225 g/mol. The first-order chi connectivity index (χ1) is 7.49. The second-order valence-electron chi connectivity index (χ2n) is 2.74. The Hall–Kier alpha value is -2.49. The lowest BCUT2D eigenvalue weighted by Crippen LogP contribution is -2.05.